The predicted molar refractivity (Wildman–Crippen MR) is 45.4 cm³/mol. The minimum atomic E-state index is -2.75. The van der Waals surface area contributed by atoms with Gasteiger partial charge in [-0.15, -0.1) is 0 Å². The fourth-order valence-electron chi connectivity index (χ4n) is 0.712. The molecule has 0 radical (unpaired) electrons. The van der Waals surface area contributed by atoms with Crippen molar-refractivity contribution in [1.82, 2.24) is 0 Å². The van der Waals surface area contributed by atoms with Gasteiger partial charge in [0.2, 0.25) is 0 Å². The van der Waals surface area contributed by atoms with Crippen LogP contribution >= 0.6 is 15.9 Å². The first kappa shape index (κ1) is 5.55. The van der Waals surface area contributed by atoms with Crippen LogP contribution in [0.2, 0.25) is 0 Å². The Morgan fingerprint density at radius 3 is 3.08 bits per heavy atom. The minimum Gasteiger partial charge on any atom is -0.492 e. The Morgan fingerprint density at radius 2 is 2.50 bits per heavy atom. The van der Waals surface area contributed by atoms with Gasteiger partial charge in [-0.05, 0) is 28.1 Å². The van der Waals surface area contributed by atoms with Crippen LogP contribution in [0.25, 0.3) is 0 Å². The van der Waals surface area contributed by atoms with Gasteiger partial charge in [0.05, 0.1) is 21.2 Å². The highest BCUT2D eigenvalue weighted by molar-refractivity contribution is 9.10. The molecule has 0 spiro atoms. The van der Waals surface area contributed by atoms with Crippen molar-refractivity contribution in [2.24, 2.45) is 0 Å². The first-order chi connectivity index (χ1) is 6.85. The van der Waals surface area contributed by atoms with E-state index in [1.807, 2.05) is 0 Å². The first-order valence-electron chi connectivity index (χ1n) is 4.42. The molecule has 0 aliphatic carbocycles. The highest BCUT2D eigenvalue weighted by atomic mass is 79.9. The van der Waals surface area contributed by atoms with E-state index in [1.54, 1.807) is 6.07 Å². The van der Waals surface area contributed by atoms with E-state index in [4.69, 9.17) is 9.37 Å². The molecule has 12 heavy (non-hydrogen) atoms. The molecule has 0 bridgehead atoms. The van der Waals surface area contributed by atoms with E-state index in [2.05, 4.69) is 20.7 Å². The van der Waals surface area contributed by atoms with Crippen LogP contribution in [0.1, 0.15) is 9.68 Å². The standard InChI is InChI=1S/C8H5BrFNO/c1-12-8-6(9)3-2-5(4-11)7(8)10/h2-3H,1H3/i1D3. The topological polar surface area (TPSA) is 33.0 Å². The first-order valence-corrected chi connectivity index (χ1v) is 3.71. The van der Waals surface area contributed by atoms with Crippen molar-refractivity contribution >= 4 is 15.9 Å². The largest absolute Gasteiger partial charge is 0.492 e. The lowest BCUT2D eigenvalue weighted by molar-refractivity contribution is 0.383. The Labute approximate surface area is 81.9 Å². The summed E-state index contributed by atoms with van der Waals surface area (Å²) in [5.41, 5.74) is -0.266. The normalized spacial score (nSPS) is 13.9. The number of rotatable bonds is 1. The summed E-state index contributed by atoms with van der Waals surface area (Å²) in [7, 11) is -2.75. The van der Waals surface area contributed by atoms with Gasteiger partial charge in [0, 0.05) is 0 Å². The summed E-state index contributed by atoms with van der Waals surface area (Å²) in [4.78, 5) is 0. The van der Waals surface area contributed by atoms with Gasteiger partial charge in [0.15, 0.2) is 11.6 Å². The molecule has 0 heterocycles. The van der Waals surface area contributed by atoms with Crippen LogP contribution in [-0.2, 0) is 0 Å². The van der Waals surface area contributed by atoms with Gasteiger partial charge in [-0.2, -0.15) is 5.26 Å². The molecular weight excluding hydrogens is 225 g/mol. The van der Waals surface area contributed by atoms with Crippen molar-refractivity contribution in [2.45, 2.75) is 0 Å². The van der Waals surface area contributed by atoms with E-state index >= 15 is 0 Å². The zero-order valence-corrected chi connectivity index (χ0v) is 7.35. The fourth-order valence-corrected chi connectivity index (χ4v) is 1.10. The van der Waals surface area contributed by atoms with E-state index in [0.29, 0.717) is 0 Å². The van der Waals surface area contributed by atoms with Gasteiger partial charge in [-0.25, -0.2) is 4.39 Å². The van der Waals surface area contributed by atoms with Crippen molar-refractivity contribution in [3.63, 3.8) is 0 Å². The second kappa shape index (κ2) is 3.55. The maximum Gasteiger partial charge on any atom is 0.183 e. The third-order valence-electron chi connectivity index (χ3n) is 1.27. The van der Waals surface area contributed by atoms with Crippen LogP contribution in [0.5, 0.6) is 5.75 Å². The monoisotopic (exact) mass is 232 g/mol. The van der Waals surface area contributed by atoms with Gasteiger partial charge >= 0.3 is 0 Å². The van der Waals surface area contributed by atoms with Crippen LogP contribution < -0.4 is 4.74 Å². The van der Waals surface area contributed by atoms with Crippen LogP contribution in [0.3, 0.4) is 0 Å². The lowest BCUT2D eigenvalue weighted by Crippen LogP contribution is -1.92. The molecule has 0 N–H and O–H groups in total. The molecule has 4 heteroatoms. The number of hydrogen-bond donors (Lipinski definition) is 0. The van der Waals surface area contributed by atoms with E-state index in [1.165, 1.54) is 12.1 Å². The summed E-state index contributed by atoms with van der Waals surface area (Å²) >= 11 is 2.94. The smallest absolute Gasteiger partial charge is 0.183 e. The van der Waals surface area contributed by atoms with Crippen molar-refractivity contribution in [3.05, 3.63) is 28.0 Å². The quantitative estimate of drug-likeness (QED) is 0.746. The van der Waals surface area contributed by atoms with Crippen LogP contribution in [0.15, 0.2) is 16.6 Å². The van der Waals surface area contributed by atoms with Crippen molar-refractivity contribution < 1.29 is 13.2 Å². The van der Waals surface area contributed by atoms with E-state index in [0.717, 1.165) is 0 Å². The molecule has 0 aromatic heterocycles. The van der Waals surface area contributed by atoms with Gasteiger partial charge in [0.1, 0.15) is 6.07 Å². The molecule has 0 saturated heterocycles. The van der Waals surface area contributed by atoms with Gasteiger partial charge in [0.25, 0.3) is 0 Å². The Balaban J connectivity index is 3.23. The van der Waals surface area contributed by atoms with Crippen molar-refractivity contribution in [1.29, 1.82) is 5.26 Å². The van der Waals surface area contributed by atoms with Crippen LogP contribution in [-0.4, -0.2) is 7.04 Å². The Morgan fingerprint density at radius 1 is 1.75 bits per heavy atom. The number of nitriles is 1. The van der Waals surface area contributed by atoms with Crippen LogP contribution in [0.4, 0.5) is 4.39 Å². The molecule has 0 atom stereocenters. The average molecular weight is 233 g/mol. The SMILES string of the molecule is [2H]C([2H])([2H])Oc1c(Br)ccc(C#N)c1F. The van der Waals surface area contributed by atoms with E-state index in [9.17, 15) is 4.39 Å². The number of nitrogens with zero attached hydrogens (tertiary/aromatic N) is 1. The highest BCUT2D eigenvalue weighted by Gasteiger charge is 2.11. The molecule has 2 nitrogen and oxygen atoms in total. The second-order valence-corrected chi connectivity index (χ2v) is 2.81. The number of ether oxygens (including phenoxy) is 1. The predicted octanol–water partition coefficient (Wildman–Crippen LogP) is 2.47. The Kier molecular flexibility index (Phi) is 1.64. The average Bonchev–Trinajstić information content (AvgIpc) is 2.11. The number of methoxy groups -OCH3 is 1. The van der Waals surface area contributed by atoms with E-state index < -0.39 is 18.6 Å². The summed E-state index contributed by atoms with van der Waals surface area (Å²) < 4.78 is 38.5. The van der Waals surface area contributed by atoms with Crippen molar-refractivity contribution in [2.75, 3.05) is 7.04 Å². The summed E-state index contributed by atoms with van der Waals surface area (Å²) in [6.07, 6.45) is 0. The minimum absolute atomic E-state index is 0.148. The lowest BCUT2D eigenvalue weighted by atomic mass is 10.2. The summed E-state index contributed by atoms with van der Waals surface area (Å²) in [5, 5.41) is 8.53. The molecule has 1 aromatic carbocycles. The molecule has 62 valence electrons. The molecule has 0 fully saturated rings. The Bertz CT molecular complexity index is 427. The van der Waals surface area contributed by atoms with Gasteiger partial charge in [-0.3, -0.25) is 0 Å². The maximum absolute atomic E-state index is 13.4. The molecule has 0 amide bonds. The fraction of sp³-hybridized carbons (Fsp3) is 0.125. The molecule has 0 unspecified atom stereocenters. The molecular formula is C8H5BrFNO. The van der Waals surface area contributed by atoms with Gasteiger partial charge < -0.3 is 4.74 Å². The molecule has 1 aromatic rings. The summed E-state index contributed by atoms with van der Waals surface area (Å²) in [5.74, 6) is -1.46. The molecule has 0 aliphatic rings. The number of hydrogen-bond acceptors (Lipinski definition) is 2. The lowest BCUT2D eigenvalue weighted by Gasteiger charge is -2.04. The molecule has 0 aliphatic heterocycles. The molecule has 1 rings (SSSR count). The zero-order valence-electron chi connectivity index (χ0n) is 8.77. The maximum atomic E-state index is 13.4. The zero-order chi connectivity index (χ0) is 11.6. The third-order valence-corrected chi connectivity index (χ3v) is 1.90. The summed E-state index contributed by atoms with van der Waals surface area (Å²) in [6.45, 7) is 0. The van der Waals surface area contributed by atoms with E-state index in [-0.39, 0.29) is 10.0 Å². The Hall–Kier alpha value is -1.08. The number of halogens is 2. The molecule has 0 saturated carbocycles. The van der Waals surface area contributed by atoms with Crippen LogP contribution in [0, 0.1) is 17.1 Å². The van der Waals surface area contributed by atoms with Gasteiger partial charge in [-0.1, -0.05) is 0 Å². The second-order valence-electron chi connectivity index (χ2n) is 1.95. The summed E-state index contributed by atoms with van der Waals surface area (Å²) in [6, 6.07) is 4.17. The highest BCUT2D eigenvalue weighted by Crippen LogP contribution is 2.29. The van der Waals surface area contributed by atoms with Crippen molar-refractivity contribution in [3.8, 4) is 11.8 Å². The third kappa shape index (κ3) is 1.41. The number of benzene rings is 1.